The summed E-state index contributed by atoms with van der Waals surface area (Å²) in [5.41, 5.74) is -0.961. The van der Waals surface area contributed by atoms with Gasteiger partial charge in [0.1, 0.15) is 6.23 Å². The van der Waals surface area contributed by atoms with Gasteiger partial charge in [0.2, 0.25) is 0 Å². The lowest BCUT2D eigenvalue weighted by atomic mass is 10.2. The normalized spacial score (nSPS) is 30.7. The van der Waals surface area contributed by atoms with E-state index in [0.717, 1.165) is 0 Å². The van der Waals surface area contributed by atoms with Gasteiger partial charge < -0.3 is 9.84 Å². The van der Waals surface area contributed by atoms with Crippen molar-refractivity contribution in [3.05, 3.63) is 33.1 Å². The van der Waals surface area contributed by atoms with Crippen LogP contribution in [0.2, 0.25) is 0 Å². The zero-order valence-corrected chi connectivity index (χ0v) is 8.21. The number of H-pyrrole nitrogens is 1. The second-order valence-electron chi connectivity index (χ2n) is 3.62. The van der Waals surface area contributed by atoms with E-state index in [1.54, 1.807) is 6.92 Å². The number of hydrogen-bond donors (Lipinski definition) is 2. The highest BCUT2D eigenvalue weighted by Crippen LogP contribution is 2.26. The molecule has 0 amide bonds. The Labute approximate surface area is 85.1 Å². The highest BCUT2D eigenvalue weighted by molar-refractivity contribution is 4.87. The van der Waals surface area contributed by atoms with Crippen molar-refractivity contribution in [2.24, 2.45) is 0 Å². The lowest BCUT2D eigenvalue weighted by Gasteiger charge is -2.12. The first-order valence-electron chi connectivity index (χ1n) is 4.73. The Morgan fingerprint density at radius 1 is 1.60 bits per heavy atom. The van der Waals surface area contributed by atoms with Gasteiger partial charge in [-0.1, -0.05) is 0 Å². The van der Waals surface area contributed by atoms with Crippen LogP contribution in [0.1, 0.15) is 19.6 Å². The lowest BCUT2D eigenvalue weighted by molar-refractivity contribution is -0.0101. The molecular weight excluding hydrogens is 200 g/mol. The first-order chi connectivity index (χ1) is 7.08. The first kappa shape index (κ1) is 10.1. The zero-order chi connectivity index (χ0) is 11.0. The zero-order valence-electron chi connectivity index (χ0n) is 8.21. The molecule has 82 valence electrons. The van der Waals surface area contributed by atoms with Crippen LogP contribution in [0.25, 0.3) is 0 Å². The molecule has 1 aromatic rings. The van der Waals surface area contributed by atoms with E-state index >= 15 is 0 Å². The molecule has 1 saturated heterocycles. The highest BCUT2D eigenvalue weighted by Gasteiger charge is 2.32. The van der Waals surface area contributed by atoms with Crippen LogP contribution in [0.5, 0.6) is 0 Å². The maximum atomic E-state index is 11.4. The second kappa shape index (κ2) is 3.63. The number of aromatic amines is 1. The van der Waals surface area contributed by atoms with Gasteiger partial charge in [0.15, 0.2) is 0 Å². The van der Waals surface area contributed by atoms with Crippen molar-refractivity contribution in [2.45, 2.75) is 31.8 Å². The van der Waals surface area contributed by atoms with E-state index in [2.05, 4.69) is 4.98 Å². The molecule has 1 aliphatic rings. The Bertz CT molecular complexity index is 454. The summed E-state index contributed by atoms with van der Waals surface area (Å²) in [5, 5.41) is 9.46. The predicted molar refractivity (Wildman–Crippen MR) is 51.5 cm³/mol. The molecule has 6 heteroatoms. The number of aliphatic hydroxyl groups excluding tert-OH is 1. The molecule has 0 aromatic carbocycles. The van der Waals surface area contributed by atoms with Gasteiger partial charge in [-0.3, -0.25) is 14.3 Å². The lowest BCUT2D eigenvalue weighted by Crippen LogP contribution is -2.31. The van der Waals surface area contributed by atoms with Gasteiger partial charge in [0, 0.05) is 18.7 Å². The highest BCUT2D eigenvalue weighted by atomic mass is 16.5. The van der Waals surface area contributed by atoms with Crippen LogP contribution in [0, 0.1) is 0 Å². The smallest absolute Gasteiger partial charge is 0.330 e. The van der Waals surface area contributed by atoms with Crippen LogP contribution in [0.15, 0.2) is 21.9 Å². The molecule has 0 saturated carbocycles. The minimum atomic E-state index is -0.575. The van der Waals surface area contributed by atoms with Crippen molar-refractivity contribution in [2.75, 3.05) is 0 Å². The molecule has 1 aromatic heterocycles. The summed E-state index contributed by atoms with van der Waals surface area (Å²) in [7, 11) is 0. The summed E-state index contributed by atoms with van der Waals surface area (Å²) < 4.78 is 6.64. The summed E-state index contributed by atoms with van der Waals surface area (Å²) in [6, 6.07) is 1.25. The molecule has 0 radical (unpaired) electrons. The fraction of sp³-hybridized carbons (Fsp3) is 0.556. The molecule has 0 spiro atoms. The van der Waals surface area contributed by atoms with Crippen LogP contribution in [-0.2, 0) is 4.74 Å². The third-order valence-corrected chi connectivity index (χ3v) is 2.52. The van der Waals surface area contributed by atoms with Crippen molar-refractivity contribution in [1.29, 1.82) is 0 Å². The monoisotopic (exact) mass is 212 g/mol. The fourth-order valence-electron chi connectivity index (χ4n) is 1.63. The Balaban J connectivity index is 2.32. The topological polar surface area (TPSA) is 84.3 Å². The summed E-state index contributed by atoms with van der Waals surface area (Å²) in [6.07, 6.45) is 0.353. The third kappa shape index (κ3) is 1.86. The van der Waals surface area contributed by atoms with Crippen molar-refractivity contribution >= 4 is 0 Å². The molecule has 6 nitrogen and oxygen atoms in total. The number of hydrogen-bond acceptors (Lipinski definition) is 4. The van der Waals surface area contributed by atoms with Crippen LogP contribution in [-0.4, -0.2) is 26.9 Å². The fourth-order valence-corrected chi connectivity index (χ4v) is 1.63. The Kier molecular flexibility index (Phi) is 2.45. The minimum Gasteiger partial charge on any atom is -0.390 e. The maximum Gasteiger partial charge on any atom is 0.330 e. The standard InChI is InChI=1S/C9H12N2O4/c1-5-6(12)4-8(15-5)11-3-2-7(13)10-9(11)14/h2-3,5-6,8,12H,4H2,1H3,(H,10,13,14)/t5-,6+,8+/m0/s1. The average molecular weight is 212 g/mol. The molecule has 1 aliphatic heterocycles. The van der Waals surface area contributed by atoms with E-state index in [1.807, 2.05) is 0 Å². The molecule has 15 heavy (non-hydrogen) atoms. The summed E-state index contributed by atoms with van der Waals surface area (Å²) in [4.78, 5) is 24.3. The Hall–Kier alpha value is -1.40. The largest absolute Gasteiger partial charge is 0.390 e. The van der Waals surface area contributed by atoms with E-state index in [-0.39, 0.29) is 6.10 Å². The Morgan fingerprint density at radius 3 is 2.87 bits per heavy atom. The van der Waals surface area contributed by atoms with E-state index < -0.39 is 23.6 Å². The van der Waals surface area contributed by atoms with Gasteiger partial charge in [-0.2, -0.15) is 0 Å². The van der Waals surface area contributed by atoms with E-state index in [4.69, 9.17) is 4.74 Å². The van der Waals surface area contributed by atoms with Crippen molar-refractivity contribution < 1.29 is 9.84 Å². The second-order valence-corrected chi connectivity index (χ2v) is 3.62. The van der Waals surface area contributed by atoms with E-state index in [9.17, 15) is 14.7 Å². The number of nitrogens with zero attached hydrogens (tertiary/aromatic N) is 1. The maximum absolute atomic E-state index is 11.4. The number of rotatable bonds is 1. The third-order valence-electron chi connectivity index (χ3n) is 2.52. The van der Waals surface area contributed by atoms with Crippen LogP contribution in [0.4, 0.5) is 0 Å². The van der Waals surface area contributed by atoms with Crippen LogP contribution < -0.4 is 11.2 Å². The number of nitrogens with one attached hydrogen (secondary N) is 1. The molecule has 0 unspecified atom stereocenters. The van der Waals surface area contributed by atoms with Gasteiger partial charge >= 0.3 is 5.69 Å². The summed E-state index contributed by atoms with van der Waals surface area (Å²) in [6.45, 7) is 1.74. The number of ether oxygens (including phenoxy) is 1. The summed E-state index contributed by atoms with van der Waals surface area (Å²) >= 11 is 0. The molecule has 0 bridgehead atoms. The van der Waals surface area contributed by atoms with Gasteiger partial charge in [0.25, 0.3) is 5.56 Å². The van der Waals surface area contributed by atoms with Gasteiger partial charge in [-0.25, -0.2) is 4.79 Å². The molecule has 3 atom stereocenters. The number of aromatic nitrogens is 2. The van der Waals surface area contributed by atoms with E-state index in [0.29, 0.717) is 6.42 Å². The van der Waals surface area contributed by atoms with Gasteiger partial charge in [-0.05, 0) is 6.92 Å². The molecule has 2 heterocycles. The molecular formula is C9H12N2O4. The quantitative estimate of drug-likeness (QED) is 0.638. The summed E-state index contributed by atoms with van der Waals surface area (Å²) in [5.74, 6) is 0. The number of aliphatic hydroxyl groups is 1. The van der Waals surface area contributed by atoms with Gasteiger partial charge in [0.05, 0.1) is 12.2 Å². The van der Waals surface area contributed by atoms with Crippen molar-refractivity contribution in [1.82, 2.24) is 9.55 Å². The molecule has 0 aliphatic carbocycles. The van der Waals surface area contributed by atoms with Crippen molar-refractivity contribution in [3.63, 3.8) is 0 Å². The molecule has 2 rings (SSSR count). The average Bonchev–Trinajstić information content (AvgIpc) is 2.46. The molecule has 1 fully saturated rings. The molecule has 2 N–H and O–H groups in total. The first-order valence-corrected chi connectivity index (χ1v) is 4.73. The van der Waals surface area contributed by atoms with Crippen LogP contribution >= 0.6 is 0 Å². The van der Waals surface area contributed by atoms with Crippen molar-refractivity contribution in [3.8, 4) is 0 Å². The minimum absolute atomic E-state index is 0.297. The SMILES string of the molecule is C[C@@H]1O[C@@H](n2ccc(=O)[nH]c2=O)C[C@H]1O. The van der Waals surface area contributed by atoms with E-state index in [1.165, 1.54) is 16.8 Å². The Morgan fingerprint density at radius 2 is 2.33 bits per heavy atom. The van der Waals surface area contributed by atoms with Gasteiger partial charge in [-0.15, -0.1) is 0 Å². The van der Waals surface area contributed by atoms with Crippen LogP contribution in [0.3, 0.4) is 0 Å². The predicted octanol–water partition coefficient (Wildman–Crippen LogP) is -0.795.